The zero-order valence-corrected chi connectivity index (χ0v) is 12.4. The minimum absolute atomic E-state index is 0.113. The molecule has 0 aliphatic carbocycles. The number of carbonyl (C=O) groups is 1. The highest BCUT2D eigenvalue weighted by Crippen LogP contribution is 2.22. The van der Waals surface area contributed by atoms with Crippen LogP contribution >= 0.6 is 11.6 Å². The van der Waals surface area contributed by atoms with Crippen molar-refractivity contribution in [3.05, 3.63) is 23.2 Å². The minimum Gasteiger partial charge on any atom is -0.397 e. The van der Waals surface area contributed by atoms with Gasteiger partial charge in [0, 0.05) is 25.2 Å². The van der Waals surface area contributed by atoms with Crippen LogP contribution in [-0.4, -0.2) is 37.5 Å². The zero-order chi connectivity index (χ0) is 14.8. The lowest BCUT2D eigenvalue weighted by Crippen LogP contribution is -2.29. The Morgan fingerprint density at radius 2 is 2.20 bits per heavy atom. The van der Waals surface area contributed by atoms with Gasteiger partial charge in [-0.3, -0.25) is 4.79 Å². The summed E-state index contributed by atoms with van der Waals surface area (Å²) in [5.41, 5.74) is 6.56. The Morgan fingerprint density at radius 1 is 1.45 bits per heavy atom. The molecule has 3 N–H and O–H groups in total. The highest BCUT2D eigenvalue weighted by atomic mass is 35.5. The van der Waals surface area contributed by atoms with Crippen molar-refractivity contribution in [3.8, 4) is 0 Å². The summed E-state index contributed by atoms with van der Waals surface area (Å²) in [6.07, 6.45) is 0.736. The quantitative estimate of drug-likeness (QED) is 0.818. The van der Waals surface area contributed by atoms with Crippen molar-refractivity contribution in [1.82, 2.24) is 4.31 Å². The highest BCUT2D eigenvalue weighted by molar-refractivity contribution is 7.89. The molecule has 1 heterocycles. The predicted octanol–water partition coefficient (Wildman–Crippen LogP) is 1.29. The van der Waals surface area contributed by atoms with Crippen LogP contribution in [0.1, 0.15) is 12.8 Å². The van der Waals surface area contributed by atoms with Gasteiger partial charge in [0.2, 0.25) is 15.9 Å². The number of hydrogen-bond acceptors (Lipinski definition) is 4. The second kappa shape index (κ2) is 5.99. The molecule has 1 aromatic rings. The van der Waals surface area contributed by atoms with Crippen LogP contribution in [-0.2, 0) is 14.8 Å². The van der Waals surface area contributed by atoms with Crippen LogP contribution in [0.4, 0.5) is 11.4 Å². The van der Waals surface area contributed by atoms with Crippen LogP contribution in [0.2, 0.25) is 5.02 Å². The van der Waals surface area contributed by atoms with Gasteiger partial charge in [-0.15, -0.1) is 0 Å². The summed E-state index contributed by atoms with van der Waals surface area (Å²) < 4.78 is 24.5. The van der Waals surface area contributed by atoms with Crippen molar-refractivity contribution < 1.29 is 13.2 Å². The topological polar surface area (TPSA) is 92.5 Å². The van der Waals surface area contributed by atoms with E-state index >= 15 is 0 Å². The molecule has 1 saturated heterocycles. The van der Waals surface area contributed by atoms with Crippen LogP contribution < -0.4 is 11.1 Å². The number of carbonyl (C=O) groups excluding carboxylic acids is 1. The SMILES string of the molecule is Nc1cc(NC(=O)CCN2CCCS2(=O)=O)ccc1Cl. The van der Waals surface area contributed by atoms with Gasteiger partial charge in [-0.1, -0.05) is 11.6 Å². The Morgan fingerprint density at radius 3 is 2.80 bits per heavy atom. The fraction of sp³-hybridized carbons (Fsp3) is 0.417. The predicted molar refractivity (Wildman–Crippen MR) is 79.1 cm³/mol. The van der Waals surface area contributed by atoms with E-state index in [-0.39, 0.29) is 24.6 Å². The second-order valence-electron chi connectivity index (χ2n) is 4.60. The van der Waals surface area contributed by atoms with Crippen molar-refractivity contribution in [2.45, 2.75) is 12.8 Å². The molecule has 2 rings (SSSR count). The van der Waals surface area contributed by atoms with Gasteiger partial charge in [0.05, 0.1) is 16.5 Å². The van der Waals surface area contributed by atoms with E-state index in [4.69, 9.17) is 17.3 Å². The number of nitrogens with one attached hydrogen (secondary N) is 1. The van der Waals surface area contributed by atoms with Crippen molar-refractivity contribution in [1.29, 1.82) is 0 Å². The van der Waals surface area contributed by atoms with Crippen LogP contribution in [0.5, 0.6) is 0 Å². The average Bonchev–Trinajstić information content (AvgIpc) is 2.70. The summed E-state index contributed by atoms with van der Waals surface area (Å²) in [5.74, 6) is -0.0867. The largest absolute Gasteiger partial charge is 0.397 e. The molecule has 0 unspecified atom stereocenters. The molecule has 0 bridgehead atoms. The Kier molecular flexibility index (Phi) is 4.52. The summed E-state index contributed by atoms with van der Waals surface area (Å²) in [6.45, 7) is 0.695. The lowest BCUT2D eigenvalue weighted by Gasteiger charge is -2.13. The standard InChI is InChI=1S/C12H16ClN3O3S/c13-10-3-2-9(8-11(10)14)15-12(17)4-6-16-5-1-7-20(16,18)19/h2-3,8H,1,4-7,14H2,(H,15,17). The number of sulfonamides is 1. The first-order valence-electron chi connectivity index (χ1n) is 6.21. The normalized spacial score (nSPS) is 18.1. The molecule has 1 aliphatic heterocycles. The van der Waals surface area contributed by atoms with Gasteiger partial charge in [-0.25, -0.2) is 12.7 Å². The summed E-state index contributed by atoms with van der Waals surface area (Å²) in [5, 5.41) is 3.08. The van der Waals surface area contributed by atoms with E-state index in [1.807, 2.05) is 0 Å². The van der Waals surface area contributed by atoms with Crippen LogP contribution in [0.3, 0.4) is 0 Å². The van der Waals surface area contributed by atoms with Gasteiger partial charge in [-0.05, 0) is 24.6 Å². The van der Waals surface area contributed by atoms with Crippen LogP contribution in [0.15, 0.2) is 18.2 Å². The number of anilines is 2. The van der Waals surface area contributed by atoms with Gasteiger partial charge in [-0.2, -0.15) is 0 Å². The van der Waals surface area contributed by atoms with Crippen LogP contribution in [0, 0.1) is 0 Å². The van der Waals surface area contributed by atoms with Crippen molar-refractivity contribution in [2.75, 3.05) is 29.9 Å². The number of benzene rings is 1. The fourth-order valence-electron chi connectivity index (χ4n) is 2.01. The fourth-order valence-corrected chi connectivity index (χ4v) is 3.66. The number of nitrogen functional groups attached to an aromatic ring is 1. The first-order chi connectivity index (χ1) is 9.38. The smallest absolute Gasteiger partial charge is 0.225 e. The summed E-state index contributed by atoms with van der Waals surface area (Å²) in [6, 6.07) is 4.80. The molecule has 1 fully saturated rings. The maximum Gasteiger partial charge on any atom is 0.225 e. The number of rotatable bonds is 4. The molecule has 20 heavy (non-hydrogen) atoms. The van der Waals surface area contributed by atoms with E-state index in [0.29, 0.717) is 29.4 Å². The highest BCUT2D eigenvalue weighted by Gasteiger charge is 2.28. The van der Waals surface area contributed by atoms with E-state index < -0.39 is 10.0 Å². The number of nitrogens with zero attached hydrogens (tertiary/aromatic N) is 1. The van der Waals surface area contributed by atoms with E-state index in [1.54, 1.807) is 18.2 Å². The molecule has 1 aromatic carbocycles. The summed E-state index contributed by atoms with van der Waals surface area (Å²) in [4.78, 5) is 11.8. The van der Waals surface area contributed by atoms with E-state index in [0.717, 1.165) is 0 Å². The Hall–Kier alpha value is -1.31. The van der Waals surface area contributed by atoms with Gasteiger partial charge < -0.3 is 11.1 Å². The van der Waals surface area contributed by atoms with Gasteiger partial charge >= 0.3 is 0 Å². The van der Waals surface area contributed by atoms with E-state index in [1.165, 1.54) is 4.31 Å². The molecule has 0 aromatic heterocycles. The number of halogens is 1. The summed E-state index contributed by atoms with van der Waals surface area (Å²) >= 11 is 5.78. The average molecular weight is 318 g/mol. The Balaban J connectivity index is 1.88. The molecule has 6 nitrogen and oxygen atoms in total. The first kappa shape index (κ1) is 15.1. The van der Waals surface area contributed by atoms with Crippen molar-refractivity contribution in [2.24, 2.45) is 0 Å². The van der Waals surface area contributed by atoms with E-state index in [9.17, 15) is 13.2 Å². The molecule has 0 spiro atoms. The molecular weight excluding hydrogens is 302 g/mol. The molecule has 8 heteroatoms. The Bertz CT molecular complexity index is 618. The molecule has 0 atom stereocenters. The van der Waals surface area contributed by atoms with Gasteiger partial charge in [0.15, 0.2) is 0 Å². The maximum atomic E-state index is 11.8. The molecule has 110 valence electrons. The molecule has 1 amide bonds. The third kappa shape index (κ3) is 3.62. The third-order valence-corrected chi connectivity index (χ3v) is 5.37. The van der Waals surface area contributed by atoms with Crippen LogP contribution in [0.25, 0.3) is 0 Å². The summed E-state index contributed by atoms with van der Waals surface area (Å²) in [7, 11) is -3.15. The number of nitrogens with two attached hydrogens (primary N) is 1. The number of amides is 1. The maximum absolute atomic E-state index is 11.8. The lowest BCUT2D eigenvalue weighted by atomic mass is 10.2. The zero-order valence-electron chi connectivity index (χ0n) is 10.8. The van der Waals surface area contributed by atoms with E-state index in [2.05, 4.69) is 5.32 Å². The van der Waals surface area contributed by atoms with Crippen molar-refractivity contribution >= 4 is 38.9 Å². The Labute approximate surface area is 122 Å². The minimum atomic E-state index is -3.15. The monoisotopic (exact) mass is 317 g/mol. The molecule has 0 radical (unpaired) electrons. The van der Waals surface area contributed by atoms with Gasteiger partial charge in [0.1, 0.15) is 0 Å². The third-order valence-electron chi connectivity index (χ3n) is 3.07. The molecular formula is C12H16ClN3O3S. The molecule has 1 aliphatic rings. The molecule has 0 saturated carbocycles. The van der Waals surface area contributed by atoms with Gasteiger partial charge in [0.25, 0.3) is 0 Å². The first-order valence-corrected chi connectivity index (χ1v) is 8.20. The number of hydrogen-bond donors (Lipinski definition) is 2. The lowest BCUT2D eigenvalue weighted by molar-refractivity contribution is -0.116. The second-order valence-corrected chi connectivity index (χ2v) is 7.10. The van der Waals surface area contributed by atoms with Crippen molar-refractivity contribution in [3.63, 3.8) is 0 Å².